The maximum atomic E-state index is 14.5. The molecule has 0 radical (unpaired) electrons. The van der Waals surface area contributed by atoms with Gasteiger partial charge in [0, 0.05) is 5.56 Å². The Bertz CT molecular complexity index is 585. The summed E-state index contributed by atoms with van der Waals surface area (Å²) in [5, 5.41) is 11.9. The number of benzene rings is 1. The van der Waals surface area contributed by atoms with Crippen LogP contribution in [-0.2, 0) is 10.7 Å². The molecule has 1 aromatic carbocycles. The van der Waals surface area contributed by atoms with E-state index in [2.05, 4.69) is 5.32 Å². The third-order valence-corrected chi connectivity index (χ3v) is 3.39. The summed E-state index contributed by atoms with van der Waals surface area (Å²) in [5.74, 6) is -4.88. The molecule has 0 bridgehead atoms. The molecule has 0 spiro atoms. The van der Waals surface area contributed by atoms with E-state index in [1.54, 1.807) is 20.8 Å². The lowest BCUT2D eigenvalue weighted by Crippen LogP contribution is -2.35. The fourth-order valence-electron chi connectivity index (χ4n) is 2.14. The molecule has 2 unspecified atom stereocenters. The second-order valence-corrected chi connectivity index (χ2v) is 6.62. The second-order valence-electron chi connectivity index (χ2n) is 6.62. The van der Waals surface area contributed by atoms with Crippen LogP contribution in [0.15, 0.2) is 18.2 Å². The molecule has 7 heteroatoms. The summed E-state index contributed by atoms with van der Waals surface area (Å²) in [6.07, 6.45) is -2.99. The first-order valence-electron chi connectivity index (χ1n) is 7.74. The molecule has 0 aliphatic carbocycles. The molecule has 1 rings (SSSR count). The molecule has 0 saturated carbocycles. The third-order valence-electron chi connectivity index (χ3n) is 3.39. The Morgan fingerprint density at radius 2 is 1.92 bits per heavy atom. The summed E-state index contributed by atoms with van der Waals surface area (Å²) in [7, 11) is 0. The number of aliphatic hydroxyl groups is 1. The predicted octanol–water partition coefficient (Wildman–Crippen LogP) is 4.27. The van der Waals surface area contributed by atoms with Crippen LogP contribution in [0.5, 0.6) is 0 Å². The van der Waals surface area contributed by atoms with Gasteiger partial charge in [-0.25, -0.2) is 9.18 Å². The molecule has 0 aliphatic heterocycles. The summed E-state index contributed by atoms with van der Waals surface area (Å²) in [4.78, 5) is 11.7. The lowest BCUT2D eigenvalue weighted by atomic mass is 9.96. The summed E-state index contributed by atoms with van der Waals surface area (Å²) >= 11 is 0. The van der Waals surface area contributed by atoms with Gasteiger partial charge in [0.1, 0.15) is 17.5 Å². The monoisotopic (exact) mass is 347 g/mol. The predicted molar refractivity (Wildman–Crippen MR) is 84.4 cm³/mol. The zero-order valence-electron chi connectivity index (χ0n) is 14.5. The molecule has 0 fully saturated rings. The first-order chi connectivity index (χ1) is 10.9. The standard InChI is InChI=1S/C17H24F3NO3/c1-6-13(22)17(19,20)12-9-7-8-11(14(12)18)10(2)21-15(23)24-16(3,4)5/h7-10,13,22H,6H2,1-5H3,(H,21,23). The van der Waals surface area contributed by atoms with Crippen LogP contribution in [0.1, 0.15) is 58.2 Å². The Morgan fingerprint density at radius 1 is 1.33 bits per heavy atom. The van der Waals surface area contributed by atoms with E-state index in [-0.39, 0.29) is 12.0 Å². The lowest BCUT2D eigenvalue weighted by molar-refractivity contribution is -0.118. The van der Waals surface area contributed by atoms with Gasteiger partial charge in [-0.05, 0) is 40.2 Å². The van der Waals surface area contributed by atoms with Gasteiger partial charge < -0.3 is 15.2 Å². The zero-order chi connectivity index (χ0) is 18.7. The normalized spacial score (nSPS) is 14.9. The van der Waals surface area contributed by atoms with Crippen molar-refractivity contribution < 1.29 is 27.8 Å². The van der Waals surface area contributed by atoms with Crippen LogP contribution >= 0.6 is 0 Å². The van der Waals surface area contributed by atoms with Gasteiger partial charge in [0.25, 0.3) is 0 Å². The van der Waals surface area contributed by atoms with Crippen LogP contribution in [-0.4, -0.2) is 22.9 Å². The molecule has 0 aliphatic rings. The highest BCUT2D eigenvalue weighted by Crippen LogP contribution is 2.36. The number of alkyl halides is 2. The first-order valence-corrected chi connectivity index (χ1v) is 7.74. The van der Waals surface area contributed by atoms with Crippen molar-refractivity contribution in [1.82, 2.24) is 5.32 Å². The number of nitrogens with one attached hydrogen (secondary N) is 1. The number of halogens is 3. The molecule has 1 amide bonds. The van der Waals surface area contributed by atoms with E-state index >= 15 is 0 Å². The van der Waals surface area contributed by atoms with Gasteiger partial charge in [0.15, 0.2) is 0 Å². The second kappa shape index (κ2) is 7.42. The van der Waals surface area contributed by atoms with E-state index < -0.39 is 41.1 Å². The largest absolute Gasteiger partial charge is 0.444 e. The number of aliphatic hydroxyl groups excluding tert-OH is 1. The Hall–Kier alpha value is -1.76. The van der Waals surface area contributed by atoms with E-state index in [0.717, 1.165) is 6.07 Å². The molecule has 4 nitrogen and oxygen atoms in total. The highest BCUT2D eigenvalue weighted by molar-refractivity contribution is 5.68. The van der Waals surface area contributed by atoms with E-state index in [9.17, 15) is 23.1 Å². The Balaban J connectivity index is 3.06. The fraction of sp³-hybridized carbons (Fsp3) is 0.588. The summed E-state index contributed by atoms with van der Waals surface area (Å²) in [5.41, 5.74) is -1.74. The number of rotatable bonds is 5. The molecule has 2 atom stereocenters. The number of alkyl carbamates (subject to hydrolysis) is 1. The number of hydrogen-bond acceptors (Lipinski definition) is 3. The average Bonchev–Trinajstić information content (AvgIpc) is 2.43. The van der Waals surface area contributed by atoms with Crippen LogP contribution in [0, 0.1) is 5.82 Å². The van der Waals surface area contributed by atoms with Gasteiger partial charge in [-0.2, -0.15) is 8.78 Å². The van der Waals surface area contributed by atoms with Crippen LogP contribution < -0.4 is 5.32 Å². The van der Waals surface area contributed by atoms with Crippen molar-refractivity contribution in [3.05, 3.63) is 35.1 Å². The van der Waals surface area contributed by atoms with E-state index in [0.29, 0.717) is 0 Å². The molecule has 0 saturated heterocycles. The highest BCUT2D eigenvalue weighted by Gasteiger charge is 2.42. The quantitative estimate of drug-likeness (QED) is 0.836. The highest BCUT2D eigenvalue weighted by atomic mass is 19.3. The molecule has 2 N–H and O–H groups in total. The van der Waals surface area contributed by atoms with Crippen LogP contribution in [0.2, 0.25) is 0 Å². The fourth-order valence-corrected chi connectivity index (χ4v) is 2.14. The molecule has 0 aromatic heterocycles. The van der Waals surface area contributed by atoms with Crippen LogP contribution in [0.25, 0.3) is 0 Å². The zero-order valence-corrected chi connectivity index (χ0v) is 14.5. The molecular formula is C17H24F3NO3. The lowest BCUT2D eigenvalue weighted by Gasteiger charge is -2.25. The number of amides is 1. The molecule has 24 heavy (non-hydrogen) atoms. The van der Waals surface area contributed by atoms with Crippen LogP contribution in [0.4, 0.5) is 18.0 Å². The van der Waals surface area contributed by atoms with Gasteiger partial charge >= 0.3 is 12.0 Å². The van der Waals surface area contributed by atoms with Crippen LogP contribution in [0.3, 0.4) is 0 Å². The minimum absolute atomic E-state index is 0.110. The topological polar surface area (TPSA) is 58.6 Å². The van der Waals surface area contributed by atoms with Gasteiger partial charge in [0.2, 0.25) is 0 Å². The average molecular weight is 347 g/mol. The van der Waals surface area contributed by atoms with E-state index in [4.69, 9.17) is 4.74 Å². The molecule has 0 heterocycles. The number of hydrogen-bond donors (Lipinski definition) is 2. The minimum Gasteiger partial charge on any atom is -0.444 e. The smallest absolute Gasteiger partial charge is 0.408 e. The van der Waals surface area contributed by atoms with Crippen molar-refractivity contribution in [1.29, 1.82) is 0 Å². The van der Waals surface area contributed by atoms with Crippen molar-refractivity contribution in [2.24, 2.45) is 0 Å². The van der Waals surface area contributed by atoms with E-state index in [1.165, 1.54) is 26.0 Å². The van der Waals surface area contributed by atoms with Crippen molar-refractivity contribution >= 4 is 6.09 Å². The van der Waals surface area contributed by atoms with Gasteiger partial charge in [-0.3, -0.25) is 0 Å². The Morgan fingerprint density at radius 3 is 2.42 bits per heavy atom. The number of ether oxygens (including phenoxy) is 1. The molecular weight excluding hydrogens is 323 g/mol. The summed E-state index contributed by atoms with van der Waals surface area (Å²) in [6.45, 7) is 7.86. The van der Waals surface area contributed by atoms with Crippen molar-refractivity contribution in [3.8, 4) is 0 Å². The van der Waals surface area contributed by atoms with E-state index in [1.807, 2.05) is 0 Å². The number of carbonyl (C=O) groups excluding carboxylic acids is 1. The first kappa shape index (κ1) is 20.3. The molecule has 136 valence electrons. The van der Waals surface area contributed by atoms with Crippen molar-refractivity contribution in [2.75, 3.05) is 0 Å². The summed E-state index contributed by atoms with van der Waals surface area (Å²) in [6, 6.07) is 2.61. The maximum absolute atomic E-state index is 14.5. The molecule has 1 aromatic rings. The summed E-state index contributed by atoms with van der Waals surface area (Å²) < 4.78 is 47.9. The van der Waals surface area contributed by atoms with Crippen molar-refractivity contribution in [3.63, 3.8) is 0 Å². The Kier molecular flexibility index (Phi) is 6.27. The van der Waals surface area contributed by atoms with Gasteiger partial charge in [-0.15, -0.1) is 0 Å². The van der Waals surface area contributed by atoms with Crippen molar-refractivity contribution in [2.45, 2.75) is 64.7 Å². The van der Waals surface area contributed by atoms with Gasteiger partial charge in [0.05, 0.1) is 11.6 Å². The third kappa shape index (κ3) is 4.87. The SMILES string of the molecule is CCC(O)C(F)(F)c1cccc(C(C)NC(=O)OC(C)(C)C)c1F. The minimum atomic E-state index is -3.72. The van der Waals surface area contributed by atoms with Gasteiger partial charge in [-0.1, -0.05) is 19.1 Å². The number of carbonyl (C=O) groups is 1. The maximum Gasteiger partial charge on any atom is 0.408 e. The Labute approximate surface area is 140 Å².